The molecule has 52 valence electrons. The highest BCUT2D eigenvalue weighted by atomic mass is 19.1. The van der Waals surface area contributed by atoms with Crippen LogP contribution in [0.1, 0.15) is 6.42 Å². The minimum absolute atomic E-state index is 0.265. The van der Waals surface area contributed by atoms with Crippen molar-refractivity contribution in [2.24, 2.45) is 10.1 Å². The van der Waals surface area contributed by atoms with Crippen LogP contribution in [0.5, 0.6) is 0 Å². The molecule has 0 spiro atoms. The molecule has 9 heavy (non-hydrogen) atoms. The molecule has 0 aliphatic heterocycles. The van der Waals surface area contributed by atoms with E-state index in [0.29, 0.717) is 0 Å². The standard InChI is InChI=1S/C5H10FN3/c1-8-4-5(9-7)2-3-6/h4-5,7H,2-3H2,1H3. The molecule has 1 N–H and O–H groups in total. The molecule has 1 unspecified atom stereocenters. The van der Waals surface area contributed by atoms with Crippen molar-refractivity contribution in [2.75, 3.05) is 13.7 Å². The van der Waals surface area contributed by atoms with Gasteiger partial charge in [0.25, 0.3) is 0 Å². The number of halogens is 1. The molecule has 0 aromatic carbocycles. The van der Waals surface area contributed by atoms with Gasteiger partial charge in [-0.1, -0.05) is 0 Å². The minimum Gasteiger partial charge on any atom is -0.299 e. The van der Waals surface area contributed by atoms with E-state index < -0.39 is 6.67 Å². The third-order valence-electron chi connectivity index (χ3n) is 0.892. The molecule has 4 heteroatoms. The largest absolute Gasteiger partial charge is 0.299 e. The summed E-state index contributed by atoms with van der Waals surface area (Å²) in [4.78, 5) is 3.62. The fourth-order valence-electron chi connectivity index (χ4n) is 0.456. The summed E-state index contributed by atoms with van der Waals surface area (Å²) in [5, 5.41) is 3.13. The van der Waals surface area contributed by atoms with E-state index in [0.717, 1.165) is 0 Å². The van der Waals surface area contributed by atoms with Gasteiger partial charge in [-0.25, -0.2) is 5.53 Å². The smallest absolute Gasteiger partial charge is 0.108 e. The van der Waals surface area contributed by atoms with Gasteiger partial charge in [-0.3, -0.25) is 9.38 Å². The van der Waals surface area contributed by atoms with E-state index in [1.54, 1.807) is 7.05 Å². The van der Waals surface area contributed by atoms with Gasteiger partial charge in [0, 0.05) is 19.7 Å². The first-order valence-electron chi connectivity index (χ1n) is 2.70. The Hall–Kier alpha value is -0.800. The second kappa shape index (κ2) is 5.34. The molecule has 0 saturated carbocycles. The van der Waals surface area contributed by atoms with Crippen molar-refractivity contribution in [3.8, 4) is 0 Å². The van der Waals surface area contributed by atoms with Gasteiger partial charge in [0.1, 0.15) is 6.04 Å². The lowest BCUT2D eigenvalue weighted by Crippen LogP contribution is -2.05. The summed E-state index contributed by atoms with van der Waals surface area (Å²) in [6.45, 7) is -0.445. The van der Waals surface area contributed by atoms with Crippen LogP contribution in [-0.2, 0) is 0 Å². The molecule has 3 nitrogen and oxygen atoms in total. The van der Waals surface area contributed by atoms with Crippen molar-refractivity contribution in [2.45, 2.75) is 12.5 Å². The van der Waals surface area contributed by atoms with Gasteiger partial charge in [0.15, 0.2) is 0 Å². The molecule has 0 amide bonds. The number of nitrogens with zero attached hydrogens (tertiary/aromatic N) is 2. The Morgan fingerprint density at radius 2 is 2.44 bits per heavy atom. The van der Waals surface area contributed by atoms with E-state index in [1.165, 1.54) is 6.21 Å². The first-order chi connectivity index (χ1) is 4.35. The van der Waals surface area contributed by atoms with Gasteiger partial charge in [-0.2, -0.15) is 5.11 Å². The molecule has 0 aromatic heterocycles. The highest BCUT2D eigenvalue weighted by Crippen LogP contribution is 1.93. The molecular weight excluding hydrogens is 121 g/mol. The molecule has 0 aliphatic rings. The first kappa shape index (κ1) is 8.20. The fourth-order valence-corrected chi connectivity index (χ4v) is 0.456. The first-order valence-corrected chi connectivity index (χ1v) is 2.70. The van der Waals surface area contributed by atoms with E-state index in [2.05, 4.69) is 10.1 Å². The summed E-state index contributed by atoms with van der Waals surface area (Å²) in [6, 6.07) is -0.361. The molecule has 0 heterocycles. The van der Waals surface area contributed by atoms with Crippen LogP contribution in [0.4, 0.5) is 4.39 Å². The van der Waals surface area contributed by atoms with Crippen molar-refractivity contribution < 1.29 is 4.39 Å². The van der Waals surface area contributed by atoms with Crippen molar-refractivity contribution in [3.05, 3.63) is 0 Å². The van der Waals surface area contributed by atoms with Gasteiger partial charge in [0.2, 0.25) is 0 Å². The summed E-state index contributed by atoms with van der Waals surface area (Å²) < 4.78 is 11.5. The minimum atomic E-state index is -0.445. The van der Waals surface area contributed by atoms with Crippen LogP contribution < -0.4 is 0 Å². The Balaban J connectivity index is 3.53. The Kier molecular flexibility index (Phi) is 4.86. The zero-order chi connectivity index (χ0) is 7.11. The van der Waals surface area contributed by atoms with Crippen molar-refractivity contribution in [1.82, 2.24) is 0 Å². The maximum atomic E-state index is 11.5. The highest BCUT2D eigenvalue weighted by Gasteiger charge is 1.99. The Morgan fingerprint density at radius 3 is 2.78 bits per heavy atom. The van der Waals surface area contributed by atoms with Crippen LogP contribution in [0, 0.1) is 5.53 Å². The number of rotatable bonds is 4. The second-order valence-corrected chi connectivity index (χ2v) is 1.58. The van der Waals surface area contributed by atoms with Gasteiger partial charge < -0.3 is 0 Å². The maximum Gasteiger partial charge on any atom is 0.108 e. The molecular formula is C5H10FN3. The molecule has 1 atom stereocenters. The van der Waals surface area contributed by atoms with E-state index in [-0.39, 0.29) is 12.5 Å². The predicted molar refractivity (Wildman–Crippen MR) is 33.9 cm³/mol. The molecule has 0 aliphatic carbocycles. The van der Waals surface area contributed by atoms with Crippen LogP contribution in [-0.4, -0.2) is 26.0 Å². The van der Waals surface area contributed by atoms with Gasteiger partial charge >= 0.3 is 0 Å². The van der Waals surface area contributed by atoms with Crippen molar-refractivity contribution in [3.63, 3.8) is 0 Å². The van der Waals surface area contributed by atoms with E-state index in [4.69, 9.17) is 5.53 Å². The van der Waals surface area contributed by atoms with Crippen molar-refractivity contribution >= 4 is 6.21 Å². The Bertz CT molecular complexity index is 102. The third kappa shape index (κ3) is 3.76. The SMILES string of the molecule is CN=CC(CCF)N=N. The quantitative estimate of drug-likeness (QED) is 0.443. The number of nitrogens with one attached hydrogen (secondary N) is 1. The van der Waals surface area contributed by atoms with Gasteiger partial charge in [0.05, 0.1) is 6.67 Å². The number of aliphatic imine (C=N–C) groups is 1. The lowest BCUT2D eigenvalue weighted by molar-refractivity contribution is 0.460. The molecule has 0 fully saturated rings. The summed E-state index contributed by atoms with van der Waals surface area (Å²) in [5.74, 6) is 0. The third-order valence-corrected chi connectivity index (χ3v) is 0.892. The maximum absolute atomic E-state index is 11.5. The number of alkyl halides is 1. The van der Waals surface area contributed by atoms with Gasteiger partial charge in [-0.05, 0) is 0 Å². The molecule has 0 radical (unpaired) electrons. The van der Waals surface area contributed by atoms with E-state index >= 15 is 0 Å². The Morgan fingerprint density at radius 1 is 1.78 bits per heavy atom. The van der Waals surface area contributed by atoms with Crippen molar-refractivity contribution in [1.29, 1.82) is 5.53 Å². The number of hydrogen-bond donors (Lipinski definition) is 1. The highest BCUT2D eigenvalue weighted by molar-refractivity contribution is 5.63. The topological polar surface area (TPSA) is 48.6 Å². The van der Waals surface area contributed by atoms with E-state index in [1.807, 2.05) is 0 Å². The average Bonchev–Trinajstić information content (AvgIpc) is 1.88. The summed E-state index contributed by atoms with van der Waals surface area (Å²) >= 11 is 0. The zero-order valence-corrected chi connectivity index (χ0v) is 5.34. The fraction of sp³-hybridized carbons (Fsp3) is 0.800. The lowest BCUT2D eigenvalue weighted by atomic mass is 10.2. The van der Waals surface area contributed by atoms with Crippen LogP contribution in [0.3, 0.4) is 0 Å². The molecule has 0 bridgehead atoms. The second-order valence-electron chi connectivity index (χ2n) is 1.58. The van der Waals surface area contributed by atoms with E-state index in [9.17, 15) is 4.39 Å². The van der Waals surface area contributed by atoms with Gasteiger partial charge in [-0.15, -0.1) is 0 Å². The average molecular weight is 131 g/mol. The Labute approximate surface area is 53.5 Å². The zero-order valence-electron chi connectivity index (χ0n) is 5.34. The lowest BCUT2D eigenvalue weighted by Gasteiger charge is -1.97. The number of hydrogen-bond acceptors (Lipinski definition) is 3. The van der Waals surface area contributed by atoms with Crippen LogP contribution in [0.15, 0.2) is 10.1 Å². The molecule has 0 aromatic rings. The molecule has 0 rings (SSSR count). The monoisotopic (exact) mass is 131 g/mol. The summed E-state index contributed by atoms with van der Waals surface area (Å²) in [7, 11) is 1.58. The normalized spacial score (nSPS) is 14.0. The summed E-state index contributed by atoms with van der Waals surface area (Å²) in [6.07, 6.45) is 1.73. The predicted octanol–water partition coefficient (Wildman–Crippen LogP) is 1.45. The van der Waals surface area contributed by atoms with Crippen LogP contribution in [0.25, 0.3) is 0 Å². The van der Waals surface area contributed by atoms with Crippen LogP contribution in [0.2, 0.25) is 0 Å². The molecule has 0 saturated heterocycles. The van der Waals surface area contributed by atoms with Crippen LogP contribution >= 0.6 is 0 Å². The summed E-state index contributed by atoms with van der Waals surface area (Å²) in [5.41, 5.74) is 6.53.